The third-order valence-electron chi connectivity index (χ3n) is 17.8. The maximum absolute atomic E-state index is 15.1. The summed E-state index contributed by atoms with van der Waals surface area (Å²) in [4.78, 5) is 62.5. The number of amides is 2. The largest absolute Gasteiger partial charge is 0.458 e. The maximum atomic E-state index is 15.1. The second kappa shape index (κ2) is 24.6. The van der Waals surface area contributed by atoms with Crippen LogP contribution in [0, 0.1) is 23.7 Å². The van der Waals surface area contributed by atoms with Crippen molar-refractivity contribution in [1.82, 2.24) is 20.0 Å². The molecule has 0 saturated carbocycles. The van der Waals surface area contributed by atoms with Crippen LogP contribution in [0.3, 0.4) is 0 Å². The smallest absolute Gasteiger partial charge is 0.411 e. The molecule has 19 heteroatoms. The molecule has 0 spiro atoms. The molecule has 0 aromatic heterocycles. The number of quaternary nitrogens is 1. The second-order valence-electron chi connectivity index (χ2n) is 23.2. The molecule has 0 bridgehead atoms. The number of Topliss-reactive ketones (excluding diaryl/α,β-unsaturated/α-hetero) is 1. The number of cyclic esters (lactones) is 1. The van der Waals surface area contributed by atoms with Crippen molar-refractivity contribution >= 4 is 23.8 Å². The Kier molecular flexibility index (Phi) is 21.2. The van der Waals surface area contributed by atoms with Gasteiger partial charge in [0.15, 0.2) is 18.2 Å². The lowest BCUT2D eigenvalue weighted by atomic mass is 9.73. The minimum absolute atomic E-state index is 0.0651. The van der Waals surface area contributed by atoms with E-state index in [1.807, 2.05) is 53.7 Å². The molecule has 2 amide bonds. The standard InChI is InChI=1S/C53H97N5O14/c1-21-39-52(14)45(57(49(63)72-52)29-40(59)54-22-2)34(8)42(60)32(6)27-50(12,65-19)46(71-48-43(61)38(55(15)16)26-33(7)67-48)35(9)44(36(10)47(62)69-39)70-41-28-51(13,66-20)53(64,37(11)68-41)30-56(17)24-25-58(18,23-3)31(4)5/h31-39,41,43-46,48,61,64H,21-30H2,1-20H3/p+1/t32-,33-,34+,35+,36-,37+,38+,39-,41+,43-,44+,45-,46-,48+,50+,51-,52-,53-,58?/m1/s1. The zero-order valence-electron chi connectivity index (χ0n) is 47.8. The van der Waals surface area contributed by atoms with Crippen molar-refractivity contribution in [1.29, 1.82) is 0 Å². The quantitative estimate of drug-likeness (QED) is 0.130. The van der Waals surface area contributed by atoms with E-state index in [0.717, 1.165) is 24.1 Å². The van der Waals surface area contributed by atoms with Crippen molar-refractivity contribution in [2.45, 2.75) is 212 Å². The molecule has 3 N–H and O–H groups in total. The van der Waals surface area contributed by atoms with E-state index in [-0.39, 0.29) is 50.3 Å². The first-order valence-electron chi connectivity index (χ1n) is 26.7. The summed E-state index contributed by atoms with van der Waals surface area (Å²) >= 11 is 0. The molecule has 4 heterocycles. The van der Waals surface area contributed by atoms with Crippen LogP contribution in [0.1, 0.15) is 123 Å². The molecule has 19 atom stereocenters. The minimum atomic E-state index is -1.57. The van der Waals surface area contributed by atoms with Gasteiger partial charge in [0.25, 0.3) is 0 Å². The van der Waals surface area contributed by atoms with E-state index in [0.29, 0.717) is 19.0 Å². The fourth-order valence-corrected chi connectivity index (χ4v) is 12.2. The van der Waals surface area contributed by atoms with Crippen LogP contribution in [0.5, 0.6) is 0 Å². The Balaban J connectivity index is 1.87. The Labute approximate surface area is 432 Å². The lowest BCUT2D eigenvalue weighted by Gasteiger charge is -2.54. The van der Waals surface area contributed by atoms with Gasteiger partial charge in [-0.25, -0.2) is 4.79 Å². The highest BCUT2D eigenvalue weighted by atomic mass is 16.7. The first kappa shape index (κ1) is 62.0. The van der Waals surface area contributed by atoms with Gasteiger partial charge in [0, 0.05) is 64.1 Å². The third-order valence-corrected chi connectivity index (χ3v) is 17.8. The van der Waals surface area contributed by atoms with E-state index in [2.05, 4.69) is 38.0 Å². The van der Waals surface area contributed by atoms with Crippen LogP contribution in [0.4, 0.5) is 4.79 Å². The van der Waals surface area contributed by atoms with Gasteiger partial charge in [0.05, 0.1) is 68.2 Å². The normalized spacial score (nSPS) is 41.5. The first-order chi connectivity index (χ1) is 33.4. The van der Waals surface area contributed by atoms with Crippen LogP contribution < -0.4 is 5.32 Å². The number of nitrogens with one attached hydrogen (secondary N) is 1. The third kappa shape index (κ3) is 12.8. The number of carbonyl (C=O) groups is 4. The molecule has 4 aliphatic rings. The summed E-state index contributed by atoms with van der Waals surface area (Å²) in [6, 6.07) is -0.927. The predicted octanol–water partition coefficient (Wildman–Crippen LogP) is 4.22. The Morgan fingerprint density at radius 3 is 2.12 bits per heavy atom. The molecule has 0 radical (unpaired) electrons. The van der Waals surface area contributed by atoms with E-state index in [1.165, 1.54) is 12.0 Å². The molecule has 0 aromatic rings. The summed E-state index contributed by atoms with van der Waals surface area (Å²) in [5, 5.41) is 27.4. The predicted molar refractivity (Wildman–Crippen MR) is 272 cm³/mol. The van der Waals surface area contributed by atoms with E-state index in [9.17, 15) is 19.8 Å². The highest BCUT2D eigenvalue weighted by molar-refractivity contribution is 5.87. The molecule has 4 saturated heterocycles. The number of likely N-dealkylation sites (N-methyl/N-ethyl adjacent to an activating group) is 4. The van der Waals surface area contributed by atoms with E-state index in [4.69, 9.17) is 37.9 Å². The molecule has 19 nitrogen and oxygen atoms in total. The molecule has 4 fully saturated rings. The topological polar surface area (TPSA) is 204 Å². The van der Waals surface area contributed by atoms with Crippen molar-refractivity contribution in [2.24, 2.45) is 23.7 Å². The van der Waals surface area contributed by atoms with Crippen LogP contribution in [0.15, 0.2) is 0 Å². The van der Waals surface area contributed by atoms with Gasteiger partial charge < -0.3 is 62.8 Å². The number of aliphatic hydroxyl groups excluding tert-OH is 1. The van der Waals surface area contributed by atoms with Crippen molar-refractivity contribution in [2.75, 3.05) is 81.7 Å². The van der Waals surface area contributed by atoms with Crippen LogP contribution in [-0.2, 0) is 52.3 Å². The lowest BCUT2D eigenvalue weighted by molar-refractivity contribution is -0.927. The summed E-state index contributed by atoms with van der Waals surface area (Å²) in [5.41, 5.74) is -5.60. The van der Waals surface area contributed by atoms with Crippen LogP contribution >= 0.6 is 0 Å². The van der Waals surface area contributed by atoms with Crippen molar-refractivity contribution in [3.05, 3.63) is 0 Å². The van der Waals surface area contributed by atoms with Gasteiger partial charge in [0.1, 0.15) is 35.7 Å². The number of carbonyl (C=O) groups excluding carboxylic acids is 4. The number of hydrogen-bond donors (Lipinski definition) is 3. The minimum Gasteiger partial charge on any atom is -0.458 e. The number of esters is 1. The molecule has 4 aliphatic heterocycles. The molecular formula is C53H98N5O14+. The number of fused-ring (bicyclic) bond motifs is 1. The van der Waals surface area contributed by atoms with Crippen LogP contribution in [-0.4, -0.2) is 225 Å². The lowest BCUT2D eigenvalue weighted by Crippen LogP contribution is -2.70. The number of ketones is 1. The van der Waals surface area contributed by atoms with Gasteiger partial charge in [-0.05, 0) is 110 Å². The number of methoxy groups -OCH3 is 2. The summed E-state index contributed by atoms with van der Waals surface area (Å²) in [7, 11) is 11.1. The summed E-state index contributed by atoms with van der Waals surface area (Å²) in [5.74, 6) is -4.85. The van der Waals surface area contributed by atoms with Crippen LogP contribution in [0.2, 0.25) is 0 Å². The molecule has 418 valence electrons. The first-order valence-corrected chi connectivity index (χ1v) is 26.7. The Morgan fingerprint density at radius 1 is 0.944 bits per heavy atom. The summed E-state index contributed by atoms with van der Waals surface area (Å²) in [6.07, 6.45) is -7.52. The Morgan fingerprint density at radius 2 is 1.58 bits per heavy atom. The van der Waals surface area contributed by atoms with E-state index in [1.54, 1.807) is 55.6 Å². The van der Waals surface area contributed by atoms with Gasteiger partial charge in [-0.15, -0.1) is 0 Å². The number of ether oxygens (including phenoxy) is 8. The van der Waals surface area contributed by atoms with E-state index >= 15 is 9.59 Å². The molecular weight excluding hydrogens is 931 g/mol. The number of nitrogens with zero attached hydrogens (tertiary/aromatic N) is 4. The average Bonchev–Trinajstić information content (AvgIpc) is 3.57. The van der Waals surface area contributed by atoms with Gasteiger partial charge in [-0.1, -0.05) is 27.7 Å². The van der Waals surface area contributed by atoms with Crippen LogP contribution in [0.25, 0.3) is 0 Å². The fourth-order valence-electron chi connectivity index (χ4n) is 12.2. The maximum Gasteiger partial charge on any atom is 0.411 e. The zero-order valence-corrected chi connectivity index (χ0v) is 47.8. The SMILES string of the molecule is CCNC(=O)CN1C(=O)O[C@]2(C)[C@@H](CC)OC(=O)[C@H](C)[C@@H](O[C@H]3C[C@@](C)(OC)[C@@](O)(CN(C)CC[N+](C)(CC)C(C)C)[C@H](C)O3)[C@H](C)[C@@H](O[C@@H]3O[C@H](C)C[C@H](N(C)C)[C@H]3O)[C@@](C)(OC)C[C@@H](C)C(=O)[C@H](C)[C@@H]12. The van der Waals surface area contributed by atoms with Gasteiger partial charge in [-0.2, -0.15) is 0 Å². The van der Waals surface area contributed by atoms with Gasteiger partial charge in [-0.3, -0.25) is 24.2 Å². The van der Waals surface area contributed by atoms with E-state index < -0.39 is 113 Å². The number of hydrogen-bond acceptors (Lipinski definition) is 16. The number of aliphatic hydroxyl groups is 2. The van der Waals surface area contributed by atoms with Gasteiger partial charge >= 0.3 is 12.1 Å². The molecule has 4 rings (SSSR count). The average molecular weight is 1030 g/mol. The number of rotatable bonds is 18. The monoisotopic (exact) mass is 1030 g/mol. The molecule has 72 heavy (non-hydrogen) atoms. The highest BCUT2D eigenvalue weighted by Crippen LogP contribution is 2.46. The zero-order chi connectivity index (χ0) is 54.6. The fraction of sp³-hybridized carbons (Fsp3) is 0.925. The molecule has 1 unspecified atom stereocenters. The molecule has 0 aliphatic carbocycles. The summed E-state index contributed by atoms with van der Waals surface area (Å²) in [6.45, 7) is 29.1. The second-order valence-corrected chi connectivity index (χ2v) is 23.2. The Bertz CT molecular complexity index is 1830. The van der Waals surface area contributed by atoms with Crippen molar-refractivity contribution < 1.29 is 71.8 Å². The van der Waals surface area contributed by atoms with Crippen molar-refractivity contribution in [3.63, 3.8) is 0 Å². The Hall–Kier alpha value is -2.56. The van der Waals surface area contributed by atoms with Gasteiger partial charge in [0.2, 0.25) is 5.91 Å². The van der Waals surface area contributed by atoms with Crippen molar-refractivity contribution in [3.8, 4) is 0 Å². The highest BCUT2D eigenvalue weighted by Gasteiger charge is 2.62. The summed E-state index contributed by atoms with van der Waals surface area (Å²) < 4.78 is 53.5. The molecule has 0 aromatic carbocycles.